The van der Waals surface area contributed by atoms with Crippen molar-refractivity contribution >= 4 is 29.9 Å². The lowest BCUT2D eigenvalue weighted by molar-refractivity contribution is 0.245. The van der Waals surface area contributed by atoms with E-state index in [9.17, 15) is 4.39 Å². The van der Waals surface area contributed by atoms with Gasteiger partial charge in [0.1, 0.15) is 5.82 Å². The summed E-state index contributed by atoms with van der Waals surface area (Å²) >= 11 is 0. The quantitative estimate of drug-likeness (QED) is 0.372. The first-order valence-electron chi connectivity index (χ1n) is 9.24. The van der Waals surface area contributed by atoms with Crippen LogP contribution in [-0.2, 0) is 6.54 Å². The van der Waals surface area contributed by atoms with Crippen molar-refractivity contribution in [3.05, 3.63) is 71.5 Å². The Hall–Kier alpha value is -1.67. The molecule has 1 unspecified atom stereocenters. The van der Waals surface area contributed by atoms with Crippen LogP contribution in [0.15, 0.2) is 59.6 Å². The summed E-state index contributed by atoms with van der Waals surface area (Å²) in [4.78, 5) is 6.85. The number of nitrogens with one attached hydrogen (secondary N) is 2. The van der Waals surface area contributed by atoms with E-state index in [1.807, 2.05) is 0 Å². The van der Waals surface area contributed by atoms with Crippen molar-refractivity contribution in [1.29, 1.82) is 0 Å². The number of guanidine groups is 1. The van der Waals surface area contributed by atoms with E-state index >= 15 is 0 Å². The van der Waals surface area contributed by atoms with Gasteiger partial charge in [-0.2, -0.15) is 0 Å². The molecule has 146 valence electrons. The molecular weight excluding hydrogens is 454 g/mol. The summed E-state index contributed by atoms with van der Waals surface area (Å²) < 4.78 is 13.0. The predicted molar refractivity (Wildman–Crippen MR) is 120 cm³/mol. The Morgan fingerprint density at radius 2 is 1.70 bits per heavy atom. The van der Waals surface area contributed by atoms with Crippen LogP contribution in [0.5, 0.6) is 0 Å². The molecule has 27 heavy (non-hydrogen) atoms. The van der Waals surface area contributed by atoms with Gasteiger partial charge in [0.2, 0.25) is 0 Å². The van der Waals surface area contributed by atoms with E-state index in [0.29, 0.717) is 12.6 Å². The molecule has 2 aromatic carbocycles. The summed E-state index contributed by atoms with van der Waals surface area (Å²) in [7, 11) is 1.77. The Kier molecular flexibility index (Phi) is 9.00. The molecule has 0 radical (unpaired) electrons. The Morgan fingerprint density at radius 3 is 2.33 bits per heavy atom. The molecule has 0 aromatic heterocycles. The smallest absolute Gasteiger partial charge is 0.191 e. The van der Waals surface area contributed by atoms with Crippen molar-refractivity contribution in [3.8, 4) is 0 Å². The number of nitrogens with zero attached hydrogens (tertiary/aromatic N) is 2. The van der Waals surface area contributed by atoms with E-state index in [-0.39, 0.29) is 29.8 Å². The molecule has 0 saturated carbocycles. The van der Waals surface area contributed by atoms with Gasteiger partial charge in [0.05, 0.1) is 6.04 Å². The molecule has 3 rings (SSSR count). The predicted octanol–water partition coefficient (Wildman–Crippen LogP) is 3.95. The summed E-state index contributed by atoms with van der Waals surface area (Å²) in [5, 5.41) is 6.75. The van der Waals surface area contributed by atoms with Gasteiger partial charge in [-0.25, -0.2) is 4.39 Å². The molecule has 0 spiro atoms. The third kappa shape index (κ3) is 6.46. The monoisotopic (exact) mass is 482 g/mol. The van der Waals surface area contributed by atoms with Crippen LogP contribution in [0.1, 0.15) is 30.0 Å². The van der Waals surface area contributed by atoms with Crippen LogP contribution in [0, 0.1) is 5.82 Å². The Labute approximate surface area is 178 Å². The molecule has 1 fully saturated rings. The second kappa shape index (κ2) is 11.2. The van der Waals surface area contributed by atoms with Gasteiger partial charge in [-0.05, 0) is 49.2 Å². The molecule has 1 atom stereocenters. The van der Waals surface area contributed by atoms with Gasteiger partial charge in [0, 0.05) is 20.1 Å². The maximum Gasteiger partial charge on any atom is 0.191 e. The average molecular weight is 482 g/mol. The highest BCUT2D eigenvalue weighted by Crippen LogP contribution is 2.24. The second-order valence-corrected chi connectivity index (χ2v) is 6.60. The summed E-state index contributed by atoms with van der Waals surface area (Å²) in [6.45, 7) is 3.69. The van der Waals surface area contributed by atoms with E-state index in [1.54, 1.807) is 19.2 Å². The van der Waals surface area contributed by atoms with E-state index in [0.717, 1.165) is 31.2 Å². The van der Waals surface area contributed by atoms with Gasteiger partial charge in [0.15, 0.2) is 5.96 Å². The lowest BCUT2D eigenvalue weighted by Gasteiger charge is -2.29. The fourth-order valence-electron chi connectivity index (χ4n) is 3.39. The fraction of sp³-hybridized carbons (Fsp3) is 0.381. The highest BCUT2D eigenvalue weighted by molar-refractivity contribution is 14.0. The molecular formula is C21H28FIN4. The maximum absolute atomic E-state index is 13.0. The first kappa shape index (κ1) is 21.6. The number of benzene rings is 2. The Morgan fingerprint density at radius 1 is 1.04 bits per heavy atom. The van der Waals surface area contributed by atoms with Crippen LogP contribution in [0.2, 0.25) is 0 Å². The minimum absolute atomic E-state index is 0. The van der Waals surface area contributed by atoms with Crippen molar-refractivity contribution in [2.24, 2.45) is 4.99 Å². The van der Waals surface area contributed by atoms with Gasteiger partial charge in [0.25, 0.3) is 0 Å². The Balaban J connectivity index is 0.00000261. The number of hydrogen-bond donors (Lipinski definition) is 2. The highest BCUT2D eigenvalue weighted by atomic mass is 127. The standard InChI is InChI=1S/C21H27FN4.HI/c1-23-21(24-15-17-9-11-19(22)12-10-17)25-16-20(26-13-5-6-14-26)18-7-3-2-4-8-18;/h2-4,7-12,20H,5-6,13-16H2,1H3,(H2,23,24,25);1H. The first-order valence-corrected chi connectivity index (χ1v) is 9.24. The maximum atomic E-state index is 13.0. The zero-order valence-electron chi connectivity index (χ0n) is 15.7. The largest absolute Gasteiger partial charge is 0.354 e. The molecule has 0 bridgehead atoms. The highest BCUT2D eigenvalue weighted by Gasteiger charge is 2.23. The molecule has 1 aliphatic heterocycles. The van der Waals surface area contributed by atoms with Crippen LogP contribution in [0.3, 0.4) is 0 Å². The zero-order chi connectivity index (χ0) is 18.2. The zero-order valence-corrected chi connectivity index (χ0v) is 18.0. The molecule has 1 heterocycles. The molecule has 0 amide bonds. The molecule has 2 N–H and O–H groups in total. The lowest BCUT2D eigenvalue weighted by atomic mass is 10.1. The molecule has 1 saturated heterocycles. The fourth-order valence-corrected chi connectivity index (χ4v) is 3.39. The average Bonchev–Trinajstić information content (AvgIpc) is 3.21. The number of likely N-dealkylation sites (tertiary alicyclic amines) is 1. The van der Waals surface area contributed by atoms with Crippen LogP contribution in [0.4, 0.5) is 4.39 Å². The van der Waals surface area contributed by atoms with Crippen LogP contribution in [0.25, 0.3) is 0 Å². The SMILES string of the molecule is CN=C(NCc1ccc(F)cc1)NCC(c1ccccc1)N1CCCC1.I. The molecule has 0 aliphatic carbocycles. The van der Waals surface area contributed by atoms with E-state index in [4.69, 9.17) is 0 Å². The molecule has 1 aliphatic rings. The second-order valence-electron chi connectivity index (χ2n) is 6.60. The topological polar surface area (TPSA) is 39.7 Å². The normalized spacial score (nSPS) is 15.9. The van der Waals surface area contributed by atoms with Crippen LogP contribution in [-0.4, -0.2) is 37.5 Å². The van der Waals surface area contributed by atoms with E-state index in [2.05, 4.69) is 50.9 Å². The molecule has 6 heteroatoms. The minimum atomic E-state index is -0.215. The third-order valence-electron chi connectivity index (χ3n) is 4.83. The van der Waals surface area contributed by atoms with Crippen molar-refractivity contribution in [2.75, 3.05) is 26.7 Å². The van der Waals surface area contributed by atoms with Crippen LogP contribution < -0.4 is 10.6 Å². The number of halogens is 2. The van der Waals surface area contributed by atoms with Gasteiger partial charge < -0.3 is 10.6 Å². The van der Waals surface area contributed by atoms with Crippen molar-refractivity contribution in [2.45, 2.75) is 25.4 Å². The summed E-state index contributed by atoms with van der Waals surface area (Å²) in [6.07, 6.45) is 2.53. The summed E-state index contributed by atoms with van der Waals surface area (Å²) in [6, 6.07) is 17.5. The lowest BCUT2D eigenvalue weighted by Crippen LogP contribution is -2.42. The van der Waals surface area contributed by atoms with Crippen molar-refractivity contribution < 1.29 is 4.39 Å². The van der Waals surface area contributed by atoms with Gasteiger partial charge in [-0.1, -0.05) is 42.5 Å². The van der Waals surface area contributed by atoms with E-state index in [1.165, 1.54) is 30.5 Å². The van der Waals surface area contributed by atoms with Gasteiger partial charge in [-0.15, -0.1) is 24.0 Å². The van der Waals surface area contributed by atoms with Gasteiger partial charge in [-0.3, -0.25) is 9.89 Å². The molecule has 4 nitrogen and oxygen atoms in total. The number of hydrogen-bond acceptors (Lipinski definition) is 2. The third-order valence-corrected chi connectivity index (χ3v) is 4.83. The minimum Gasteiger partial charge on any atom is -0.354 e. The summed E-state index contributed by atoms with van der Waals surface area (Å²) in [5.74, 6) is 0.544. The molecule has 2 aromatic rings. The van der Waals surface area contributed by atoms with Gasteiger partial charge >= 0.3 is 0 Å². The Bertz CT molecular complexity index is 700. The first-order chi connectivity index (χ1) is 12.8. The van der Waals surface area contributed by atoms with Crippen LogP contribution >= 0.6 is 24.0 Å². The van der Waals surface area contributed by atoms with Crippen molar-refractivity contribution in [1.82, 2.24) is 15.5 Å². The number of rotatable bonds is 6. The van der Waals surface area contributed by atoms with Crippen molar-refractivity contribution in [3.63, 3.8) is 0 Å². The summed E-state index contributed by atoms with van der Waals surface area (Å²) in [5.41, 5.74) is 2.35. The number of aliphatic imine (C=N–C) groups is 1. The van der Waals surface area contributed by atoms with E-state index < -0.39 is 0 Å².